The van der Waals surface area contributed by atoms with Gasteiger partial charge in [0.15, 0.2) is 0 Å². The number of carbonyl (C=O) groups excluding carboxylic acids is 2. The van der Waals surface area contributed by atoms with Crippen LogP contribution in [0.15, 0.2) is 66.7 Å². The van der Waals surface area contributed by atoms with Crippen LogP contribution in [0.3, 0.4) is 0 Å². The third kappa shape index (κ3) is 8.12. The highest BCUT2D eigenvalue weighted by Crippen LogP contribution is 2.32. The van der Waals surface area contributed by atoms with E-state index in [1.807, 2.05) is 6.07 Å². The Kier molecular flexibility index (Phi) is 9.28. The molecule has 2 fully saturated rings. The third-order valence-electron chi connectivity index (χ3n) is 6.20. The number of hydrazine groups is 1. The number of benzene rings is 3. The molecular formula is C29H31ClFN3O3. The maximum Gasteiger partial charge on any atom is 0.289 e. The van der Waals surface area contributed by atoms with Gasteiger partial charge in [-0.05, 0) is 73.1 Å². The van der Waals surface area contributed by atoms with Crippen molar-refractivity contribution in [3.05, 3.63) is 88.7 Å². The molecule has 3 N–H and O–H groups in total. The van der Waals surface area contributed by atoms with Crippen LogP contribution in [0.1, 0.15) is 41.6 Å². The summed E-state index contributed by atoms with van der Waals surface area (Å²) >= 11 is 6.26. The molecule has 3 aromatic rings. The Hall–Kier alpha value is -3.26. The molecule has 2 aliphatic rings. The monoisotopic (exact) mass is 523 g/mol. The number of halogens is 2. The maximum absolute atomic E-state index is 12.8. The fraction of sp³-hybridized carbons (Fsp3) is 0.310. The molecule has 0 spiro atoms. The Morgan fingerprint density at radius 3 is 2.27 bits per heavy atom. The summed E-state index contributed by atoms with van der Waals surface area (Å²) in [5.74, 6) is -1.17. The quantitative estimate of drug-likeness (QED) is 0.298. The van der Waals surface area contributed by atoms with E-state index in [4.69, 9.17) is 22.1 Å². The summed E-state index contributed by atoms with van der Waals surface area (Å²) in [6.07, 6.45) is 6.24. The fourth-order valence-corrected chi connectivity index (χ4v) is 4.26. The summed E-state index contributed by atoms with van der Waals surface area (Å²) in [5, 5.41) is 3.07. The van der Waals surface area contributed by atoms with Gasteiger partial charge in [-0.2, -0.15) is 0 Å². The van der Waals surface area contributed by atoms with Crippen molar-refractivity contribution in [2.75, 3.05) is 19.6 Å². The van der Waals surface area contributed by atoms with Crippen molar-refractivity contribution in [3.8, 4) is 16.9 Å². The van der Waals surface area contributed by atoms with Crippen LogP contribution in [-0.4, -0.2) is 42.4 Å². The van der Waals surface area contributed by atoms with Crippen molar-refractivity contribution >= 4 is 23.3 Å². The SMILES string of the molecule is Clc1cc(CCCN2CCCN2)ccc1OC1CC1.NC(=O)C(=O)c1ccc(-c2ccc(F)cc2)cc1. The first-order chi connectivity index (χ1) is 17.9. The van der Waals surface area contributed by atoms with E-state index in [1.165, 1.54) is 55.6 Å². The first-order valence-corrected chi connectivity index (χ1v) is 12.9. The number of nitrogens with two attached hydrogens (primary N) is 1. The number of ether oxygens (including phenoxy) is 1. The second kappa shape index (κ2) is 12.8. The van der Waals surface area contributed by atoms with Gasteiger partial charge in [-0.25, -0.2) is 9.40 Å². The van der Waals surface area contributed by atoms with E-state index in [1.54, 1.807) is 24.3 Å². The van der Waals surface area contributed by atoms with Gasteiger partial charge in [-0.15, -0.1) is 0 Å². The maximum atomic E-state index is 12.8. The Bertz CT molecular complexity index is 1210. The molecule has 1 saturated carbocycles. The molecule has 5 rings (SSSR count). The Morgan fingerprint density at radius 1 is 1.03 bits per heavy atom. The average molecular weight is 524 g/mol. The highest BCUT2D eigenvalue weighted by molar-refractivity contribution is 6.42. The van der Waals surface area contributed by atoms with Crippen molar-refractivity contribution in [1.29, 1.82) is 0 Å². The Labute approximate surface area is 221 Å². The van der Waals surface area contributed by atoms with Crippen molar-refractivity contribution in [2.24, 2.45) is 5.73 Å². The molecule has 0 bridgehead atoms. The van der Waals surface area contributed by atoms with Crippen molar-refractivity contribution in [2.45, 2.75) is 38.2 Å². The number of hydrogen-bond donors (Lipinski definition) is 2. The van der Waals surface area contributed by atoms with E-state index >= 15 is 0 Å². The molecule has 8 heteroatoms. The van der Waals surface area contributed by atoms with Crippen LogP contribution in [0, 0.1) is 5.82 Å². The molecule has 1 aliphatic heterocycles. The van der Waals surface area contributed by atoms with Crippen LogP contribution < -0.4 is 15.9 Å². The van der Waals surface area contributed by atoms with E-state index in [0.717, 1.165) is 47.8 Å². The standard InChI is InChI=1S/C15H21ClN2O.C14H10FNO2/c16-14-11-12(3-1-9-18-10-2-8-17-18)4-7-15(14)19-13-5-6-13;15-12-7-5-10(6-8-12)9-1-3-11(4-2-9)13(17)14(16)18/h4,7,11,13,17H,1-3,5-6,8-10H2;1-8H,(H2,16,18). The largest absolute Gasteiger partial charge is 0.489 e. The molecule has 3 aromatic carbocycles. The number of rotatable bonds is 9. The molecule has 194 valence electrons. The fourth-order valence-electron chi connectivity index (χ4n) is 4.01. The predicted molar refractivity (Wildman–Crippen MR) is 143 cm³/mol. The molecule has 0 unspecified atom stereocenters. The molecule has 6 nitrogen and oxygen atoms in total. The molecule has 1 saturated heterocycles. The lowest BCUT2D eigenvalue weighted by molar-refractivity contribution is -0.114. The van der Waals surface area contributed by atoms with Crippen LogP contribution in [0.2, 0.25) is 5.02 Å². The van der Waals surface area contributed by atoms with Crippen LogP contribution in [0.5, 0.6) is 5.75 Å². The van der Waals surface area contributed by atoms with E-state index in [2.05, 4.69) is 22.6 Å². The van der Waals surface area contributed by atoms with Crippen molar-refractivity contribution < 1.29 is 18.7 Å². The highest BCUT2D eigenvalue weighted by atomic mass is 35.5. The zero-order chi connectivity index (χ0) is 26.2. The lowest BCUT2D eigenvalue weighted by Gasteiger charge is -2.15. The van der Waals surface area contributed by atoms with Gasteiger partial charge in [0.05, 0.1) is 11.1 Å². The smallest absolute Gasteiger partial charge is 0.289 e. The number of carbonyl (C=O) groups is 2. The van der Waals surface area contributed by atoms with Gasteiger partial charge in [0, 0.05) is 25.2 Å². The number of nitrogens with one attached hydrogen (secondary N) is 1. The molecule has 0 aromatic heterocycles. The van der Waals surface area contributed by atoms with Gasteiger partial charge in [0.25, 0.3) is 5.91 Å². The molecule has 1 heterocycles. The van der Waals surface area contributed by atoms with E-state index < -0.39 is 11.7 Å². The third-order valence-corrected chi connectivity index (χ3v) is 6.49. The predicted octanol–water partition coefficient (Wildman–Crippen LogP) is 5.18. The van der Waals surface area contributed by atoms with Gasteiger partial charge >= 0.3 is 0 Å². The molecule has 0 atom stereocenters. The molecule has 37 heavy (non-hydrogen) atoms. The second-order valence-corrected chi connectivity index (χ2v) is 9.62. The first kappa shape index (κ1) is 26.8. The number of Topliss-reactive ketones (excluding diaryl/α,β-unsaturated/α-hetero) is 1. The summed E-state index contributed by atoms with van der Waals surface area (Å²) in [5.41, 5.74) is 11.5. The summed E-state index contributed by atoms with van der Waals surface area (Å²) in [7, 11) is 0. The Balaban J connectivity index is 0.000000173. The summed E-state index contributed by atoms with van der Waals surface area (Å²) < 4.78 is 18.5. The molecule has 1 aliphatic carbocycles. The minimum absolute atomic E-state index is 0.244. The van der Waals surface area contributed by atoms with Crippen LogP contribution in [-0.2, 0) is 11.2 Å². The lowest BCUT2D eigenvalue weighted by Crippen LogP contribution is -2.31. The van der Waals surface area contributed by atoms with Crippen molar-refractivity contribution in [3.63, 3.8) is 0 Å². The number of primary amides is 1. The van der Waals surface area contributed by atoms with Gasteiger partial charge in [-0.3, -0.25) is 15.0 Å². The lowest BCUT2D eigenvalue weighted by atomic mass is 10.0. The number of amides is 1. The van der Waals surface area contributed by atoms with E-state index in [9.17, 15) is 14.0 Å². The van der Waals surface area contributed by atoms with E-state index in [-0.39, 0.29) is 11.4 Å². The van der Waals surface area contributed by atoms with Crippen molar-refractivity contribution in [1.82, 2.24) is 10.4 Å². The zero-order valence-electron chi connectivity index (χ0n) is 20.6. The van der Waals surface area contributed by atoms with Crippen LogP contribution >= 0.6 is 11.6 Å². The number of nitrogens with zero attached hydrogens (tertiary/aromatic N) is 1. The van der Waals surface area contributed by atoms with E-state index in [0.29, 0.717) is 6.10 Å². The van der Waals surface area contributed by atoms with Gasteiger partial charge in [0.1, 0.15) is 11.6 Å². The normalized spacial score (nSPS) is 15.1. The summed E-state index contributed by atoms with van der Waals surface area (Å²) in [6.45, 7) is 3.41. The second-order valence-electron chi connectivity index (χ2n) is 9.21. The summed E-state index contributed by atoms with van der Waals surface area (Å²) in [4.78, 5) is 22.0. The number of ketones is 1. The number of aryl methyl sites for hydroxylation is 1. The minimum Gasteiger partial charge on any atom is -0.489 e. The number of hydrogen-bond acceptors (Lipinski definition) is 5. The first-order valence-electron chi connectivity index (χ1n) is 12.5. The minimum atomic E-state index is -0.982. The molecular weight excluding hydrogens is 493 g/mol. The molecule has 0 radical (unpaired) electrons. The molecule has 1 amide bonds. The van der Waals surface area contributed by atoms with Gasteiger partial charge < -0.3 is 10.5 Å². The Morgan fingerprint density at radius 2 is 1.70 bits per heavy atom. The van der Waals surface area contributed by atoms with Gasteiger partial charge in [0.2, 0.25) is 5.78 Å². The van der Waals surface area contributed by atoms with Crippen LogP contribution in [0.25, 0.3) is 11.1 Å². The van der Waals surface area contributed by atoms with Crippen LogP contribution in [0.4, 0.5) is 4.39 Å². The van der Waals surface area contributed by atoms with Gasteiger partial charge in [-0.1, -0.05) is 54.1 Å². The summed E-state index contributed by atoms with van der Waals surface area (Å²) in [6, 6.07) is 18.6. The average Bonchev–Trinajstić information content (AvgIpc) is 3.57. The topological polar surface area (TPSA) is 84.7 Å². The zero-order valence-corrected chi connectivity index (χ0v) is 21.3. The highest BCUT2D eigenvalue weighted by Gasteiger charge is 2.24.